The molecule has 3 aromatic heterocycles. The van der Waals surface area contributed by atoms with Crippen LogP contribution >= 0.6 is 11.6 Å². The number of anilines is 2. The van der Waals surface area contributed by atoms with Gasteiger partial charge < -0.3 is 20.0 Å². The van der Waals surface area contributed by atoms with Gasteiger partial charge in [-0.3, -0.25) is 19.4 Å². The van der Waals surface area contributed by atoms with E-state index >= 15 is 0 Å². The molecule has 4 rings (SSSR count). The van der Waals surface area contributed by atoms with Crippen molar-refractivity contribution in [3.63, 3.8) is 0 Å². The van der Waals surface area contributed by atoms with Gasteiger partial charge in [0, 0.05) is 44.5 Å². The Morgan fingerprint density at radius 3 is 2.42 bits per heavy atom. The number of amides is 3. The lowest BCUT2D eigenvalue weighted by Gasteiger charge is -2.28. The van der Waals surface area contributed by atoms with Gasteiger partial charge in [-0.2, -0.15) is 0 Å². The molecule has 0 aliphatic heterocycles. The third kappa shape index (κ3) is 4.98. The van der Waals surface area contributed by atoms with Crippen LogP contribution in [0.2, 0.25) is 5.02 Å². The zero-order valence-electron chi connectivity index (χ0n) is 18.3. The number of hydrogen-bond donors (Lipinski definition) is 2. The maximum atomic E-state index is 13.1. The number of carbonyl (C=O) groups is 3. The molecule has 2 N–H and O–H groups in total. The lowest BCUT2D eigenvalue weighted by molar-refractivity contribution is -0.135. The highest BCUT2D eigenvalue weighted by molar-refractivity contribution is 6.30. The highest BCUT2D eigenvalue weighted by Crippen LogP contribution is 2.34. The van der Waals surface area contributed by atoms with E-state index in [0.717, 1.165) is 0 Å². The highest BCUT2D eigenvalue weighted by atomic mass is 35.5. The Hall–Kier alpha value is -3.46. The summed E-state index contributed by atoms with van der Waals surface area (Å²) >= 11 is 5.85. The first-order chi connectivity index (χ1) is 15.8. The van der Waals surface area contributed by atoms with Gasteiger partial charge in [-0.15, -0.1) is 0 Å². The summed E-state index contributed by atoms with van der Waals surface area (Å²) in [7, 11) is 3.48. The molecule has 1 aliphatic rings. The summed E-state index contributed by atoms with van der Waals surface area (Å²) in [6.45, 7) is 0. The van der Waals surface area contributed by atoms with Crippen LogP contribution in [0.3, 0.4) is 0 Å². The van der Waals surface area contributed by atoms with Crippen molar-refractivity contribution in [3.8, 4) is 0 Å². The second-order valence-electron chi connectivity index (χ2n) is 8.26. The normalized spacial score (nSPS) is 18.0. The fraction of sp³-hybridized carbons (Fsp3) is 0.348. The molecule has 33 heavy (non-hydrogen) atoms. The molecule has 0 unspecified atom stereocenters. The molecule has 3 heterocycles. The summed E-state index contributed by atoms with van der Waals surface area (Å²) in [5.74, 6) is -0.741. The highest BCUT2D eigenvalue weighted by Gasteiger charge is 2.32. The van der Waals surface area contributed by atoms with Crippen LogP contribution in [0.5, 0.6) is 0 Å². The monoisotopic (exact) mass is 469 g/mol. The van der Waals surface area contributed by atoms with Gasteiger partial charge in [0.25, 0.3) is 5.91 Å². The van der Waals surface area contributed by atoms with Crippen LogP contribution in [0.1, 0.15) is 36.2 Å². The number of fused-ring (bicyclic) bond motifs is 1. The lowest BCUT2D eigenvalue weighted by atomic mass is 9.81. The van der Waals surface area contributed by atoms with Crippen molar-refractivity contribution >= 4 is 51.8 Å². The number of pyridine rings is 2. The first kappa shape index (κ1) is 22.7. The molecule has 172 valence electrons. The van der Waals surface area contributed by atoms with Crippen LogP contribution in [-0.2, 0) is 9.59 Å². The van der Waals surface area contributed by atoms with E-state index in [4.69, 9.17) is 16.0 Å². The number of rotatable bonds is 5. The summed E-state index contributed by atoms with van der Waals surface area (Å²) in [5, 5.41) is 6.49. The van der Waals surface area contributed by atoms with Crippen LogP contribution in [-0.4, -0.2) is 46.7 Å². The average Bonchev–Trinajstić information content (AvgIpc) is 3.18. The Kier molecular flexibility index (Phi) is 6.60. The second kappa shape index (κ2) is 9.58. The molecule has 1 saturated carbocycles. The first-order valence-electron chi connectivity index (χ1n) is 10.6. The Morgan fingerprint density at radius 1 is 1.03 bits per heavy atom. The van der Waals surface area contributed by atoms with Gasteiger partial charge in [-0.25, -0.2) is 4.98 Å². The van der Waals surface area contributed by atoms with Gasteiger partial charge in [0.1, 0.15) is 17.1 Å². The Labute approximate surface area is 195 Å². The molecule has 3 amide bonds. The third-order valence-electron chi connectivity index (χ3n) is 5.80. The SMILES string of the molecule is CN(C)C(=O)[C@H]1CC[C@H](C(=O)Nc2c(C(=O)Nc3ccc(Cl)cn3)oc3ccncc23)CC1. The molecule has 0 atom stereocenters. The minimum Gasteiger partial charge on any atom is -0.448 e. The zero-order chi connectivity index (χ0) is 23.5. The molecule has 0 radical (unpaired) electrons. The summed E-state index contributed by atoms with van der Waals surface area (Å²) in [6.07, 6.45) is 7.00. The van der Waals surface area contributed by atoms with E-state index in [1.54, 1.807) is 49.6 Å². The fourth-order valence-corrected chi connectivity index (χ4v) is 4.15. The smallest absolute Gasteiger partial charge is 0.294 e. The second-order valence-corrected chi connectivity index (χ2v) is 8.70. The molecule has 10 heteroatoms. The van der Waals surface area contributed by atoms with Gasteiger partial charge in [0.2, 0.25) is 17.6 Å². The Balaban J connectivity index is 1.52. The van der Waals surface area contributed by atoms with Gasteiger partial charge in [-0.05, 0) is 43.9 Å². The molecular weight excluding hydrogens is 446 g/mol. The zero-order valence-corrected chi connectivity index (χ0v) is 19.1. The summed E-state index contributed by atoms with van der Waals surface area (Å²) in [5.41, 5.74) is 0.691. The number of hydrogen-bond acceptors (Lipinski definition) is 6. The number of furan rings is 1. The van der Waals surface area contributed by atoms with E-state index < -0.39 is 5.91 Å². The molecule has 1 fully saturated rings. The maximum absolute atomic E-state index is 13.1. The van der Waals surface area contributed by atoms with E-state index in [1.807, 2.05) is 0 Å². The molecule has 0 bridgehead atoms. The molecule has 9 nitrogen and oxygen atoms in total. The van der Waals surface area contributed by atoms with Crippen LogP contribution in [0.15, 0.2) is 41.2 Å². The summed E-state index contributed by atoms with van der Waals surface area (Å²) in [4.78, 5) is 48.0. The van der Waals surface area contributed by atoms with Gasteiger partial charge in [0.15, 0.2) is 0 Å². The van der Waals surface area contributed by atoms with Gasteiger partial charge in [-0.1, -0.05) is 11.6 Å². The van der Waals surface area contributed by atoms with Crippen LogP contribution < -0.4 is 10.6 Å². The minimum atomic E-state index is -0.559. The average molecular weight is 470 g/mol. The number of nitrogens with zero attached hydrogens (tertiary/aromatic N) is 3. The van der Waals surface area contributed by atoms with Crippen molar-refractivity contribution in [3.05, 3.63) is 47.6 Å². The first-order valence-corrected chi connectivity index (χ1v) is 11.0. The van der Waals surface area contributed by atoms with E-state index in [0.29, 0.717) is 47.5 Å². The van der Waals surface area contributed by atoms with E-state index in [9.17, 15) is 14.4 Å². The largest absolute Gasteiger partial charge is 0.448 e. The van der Waals surface area contributed by atoms with Crippen LogP contribution in [0.25, 0.3) is 11.0 Å². The van der Waals surface area contributed by atoms with Crippen molar-refractivity contribution in [2.24, 2.45) is 11.8 Å². The number of nitrogens with one attached hydrogen (secondary N) is 2. The fourth-order valence-electron chi connectivity index (χ4n) is 4.04. The van der Waals surface area contributed by atoms with Gasteiger partial charge >= 0.3 is 0 Å². The quantitative estimate of drug-likeness (QED) is 0.584. The van der Waals surface area contributed by atoms with Crippen molar-refractivity contribution in [1.29, 1.82) is 0 Å². The van der Waals surface area contributed by atoms with Crippen LogP contribution in [0, 0.1) is 11.8 Å². The number of aromatic nitrogens is 2. The van der Waals surface area contributed by atoms with Crippen molar-refractivity contribution < 1.29 is 18.8 Å². The standard InChI is InChI=1S/C23H24ClN5O4/c1-29(2)23(32)14-5-3-13(4-6-14)21(30)28-19-16-12-25-10-9-17(16)33-20(19)22(31)27-18-8-7-15(24)11-26-18/h7-14H,3-6H2,1-2H3,(H,28,30)(H,26,27,31)/t13-,14-. The van der Waals surface area contributed by atoms with Gasteiger partial charge in [0.05, 0.1) is 10.4 Å². The lowest BCUT2D eigenvalue weighted by Crippen LogP contribution is -2.35. The topological polar surface area (TPSA) is 117 Å². The summed E-state index contributed by atoms with van der Waals surface area (Å²) in [6, 6.07) is 4.79. The van der Waals surface area contributed by atoms with Crippen LogP contribution in [0.4, 0.5) is 11.5 Å². The number of carbonyl (C=O) groups excluding carboxylic acids is 3. The van der Waals surface area contributed by atoms with E-state index in [-0.39, 0.29) is 35.1 Å². The molecule has 0 aromatic carbocycles. The summed E-state index contributed by atoms with van der Waals surface area (Å²) < 4.78 is 5.75. The Morgan fingerprint density at radius 2 is 1.76 bits per heavy atom. The van der Waals surface area contributed by atoms with E-state index in [1.165, 1.54) is 6.20 Å². The van der Waals surface area contributed by atoms with Crippen molar-refractivity contribution in [1.82, 2.24) is 14.9 Å². The molecule has 3 aromatic rings. The Bertz CT molecular complexity index is 1180. The van der Waals surface area contributed by atoms with Crippen molar-refractivity contribution in [2.45, 2.75) is 25.7 Å². The van der Waals surface area contributed by atoms with Crippen molar-refractivity contribution in [2.75, 3.05) is 24.7 Å². The third-order valence-corrected chi connectivity index (χ3v) is 6.02. The maximum Gasteiger partial charge on any atom is 0.294 e. The van der Waals surface area contributed by atoms with E-state index in [2.05, 4.69) is 20.6 Å². The molecular formula is C23H24ClN5O4. The minimum absolute atomic E-state index is 0.0421. The molecule has 0 saturated heterocycles. The number of halogens is 1. The molecule has 1 aliphatic carbocycles. The molecule has 0 spiro atoms. The predicted octanol–water partition coefficient (Wildman–Crippen LogP) is 3.96. The predicted molar refractivity (Wildman–Crippen MR) is 124 cm³/mol.